The third-order valence-corrected chi connectivity index (χ3v) is 6.33. The minimum Gasteiger partial charge on any atom is -0.480 e. The van der Waals surface area contributed by atoms with Crippen molar-refractivity contribution in [2.45, 2.75) is 30.5 Å². The molecule has 3 atom stereocenters. The van der Waals surface area contributed by atoms with Gasteiger partial charge in [-0.3, -0.25) is 4.79 Å². The molecule has 4 rings (SSSR count). The topological polar surface area (TPSA) is 119 Å². The molecule has 9 nitrogen and oxygen atoms in total. The number of alkyl carbamates (subject to hydrolysis) is 1. The van der Waals surface area contributed by atoms with Gasteiger partial charge in [0.15, 0.2) is 0 Å². The zero-order valence-electron chi connectivity index (χ0n) is 19.2. The van der Waals surface area contributed by atoms with Crippen LogP contribution in [0.2, 0.25) is 0 Å². The Bertz CT molecular complexity index is 1040. The number of nitrogens with one attached hydrogen (secondary N) is 1. The highest BCUT2D eigenvalue weighted by atomic mass is 16.5. The summed E-state index contributed by atoms with van der Waals surface area (Å²) in [5, 5.41) is 21.9. The van der Waals surface area contributed by atoms with E-state index in [-0.39, 0.29) is 32.0 Å². The number of benzene rings is 2. The van der Waals surface area contributed by atoms with E-state index in [1.165, 1.54) is 0 Å². The van der Waals surface area contributed by atoms with Gasteiger partial charge >= 0.3 is 12.1 Å². The SMILES string of the molecule is CN(C)C[C@H](NC(=O)OCC1c2ccccc2-c2ccccc21)C(=O)N1C[C@H](O)C[C@H]1C(=O)O. The summed E-state index contributed by atoms with van der Waals surface area (Å²) in [7, 11) is 3.49. The van der Waals surface area contributed by atoms with E-state index in [1.54, 1.807) is 19.0 Å². The number of nitrogens with zero attached hydrogens (tertiary/aromatic N) is 2. The smallest absolute Gasteiger partial charge is 0.407 e. The summed E-state index contributed by atoms with van der Waals surface area (Å²) in [5.41, 5.74) is 4.38. The van der Waals surface area contributed by atoms with Crippen molar-refractivity contribution in [3.63, 3.8) is 0 Å². The Hall–Kier alpha value is -3.43. The summed E-state index contributed by atoms with van der Waals surface area (Å²) in [6.07, 6.45) is -1.71. The molecular formula is C25H29N3O6. The van der Waals surface area contributed by atoms with Gasteiger partial charge in [0.1, 0.15) is 18.7 Å². The molecule has 9 heteroatoms. The number of hydrogen-bond donors (Lipinski definition) is 3. The zero-order valence-corrected chi connectivity index (χ0v) is 19.2. The van der Waals surface area contributed by atoms with Gasteiger partial charge in [-0.25, -0.2) is 9.59 Å². The van der Waals surface area contributed by atoms with Crippen LogP contribution < -0.4 is 5.32 Å². The van der Waals surface area contributed by atoms with Crippen LogP contribution in [0, 0.1) is 0 Å². The first-order valence-electron chi connectivity index (χ1n) is 11.2. The summed E-state index contributed by atoms with van der Waals surface area (Å²) in [6, 6.07) is 13.8. The molecule has 34 heavy (non-hydrogen) atoms. The van der Waals surface area contributed by atoms with E-state index < -0.39 is 36.2 Å². The third kappa shape index (κ3) is 4.76. The van der Waals surface area contributed by atoms with E-state index in [2.05, 4.69) is 5.32 Å². The molecule has 0 radical (unpaired) electrons. The third-order valence-electron chi connectivity index (χ3n) is 6.33. The fraction of sp³-hybridized carbons (Fsp3) is 0.400. The van der Waals surface area contributed by atoms with Gasteiger partial charge in [0.25, 0.3) is 0 Å². The van der Waals surface area contributed by atoms with Crippen LogP contribution in [0.5, 0.6) is 0 Å². The highest BCUT2D eigenvalue weighted by molar-refractivity contribution is 5.90. The summed E-state index contributed by atoms with van der Waals surface area (Å²) >= 11 is 0. The van der Waals surface area contributed by atoms with Crippen LogP contribution in [-0.4, -0.2) is 90.0 Å². The number of aliphatic hydroxyl groups excluding tert-OH is 1. The van der Waals surface area contributed by atoms with E-state index >= 15 is 0 Å². The average Bonchev–Trinajstić information content (AvgIpc) is 3.35. The molecule has 0 bridgehead atoms. The monoisotopic (exact) mass is 467 g/mol. The lowest BCUT2D eigenvalue weighted by Gasteiger charge is -2.28. The van der Waals surface area contributed by atoms with Crippen molar-refractivity contribution in [3.05, 3.63) is 59.7 Å². The number of aliphatic hydroxyl groups is 1. The number of rotatable bonds is 7. The molecule has 1 heterocycles. The molecule has 2 aromatic carbocycles. The molecule has 180 valence electrons. The van der Waals surface area contributed by atoms with E-state index in [0.29, 0.717) is 0 Å². The van der Waals surface area contributed by atoms with Crippen LogP contribution >= 0.6 is 0 Å². The lowest BCUT2D eigenvalue weighted by molar-refractivity contribution is -0.149. The predicted octanol–water partition coefficient (Wildman–Crippen LogP) is 1.50. The molecule has 2 aromatic rings. The number of ether oxygens (including phenoxy) is 1. The van der Waals surface area contributed by atoms with Gasteiger partial charge in [0.2, 0.25) is 5.91 Å². The van der Waals surface area contributed by atoms with Gasteiger partial charge in [-0.05, 0) is 36.3 Å². The number of β-amino-alcohol motifs (C(OH)–C–C–N with tert-alkyl or cyclic N) is 1. The second kappa shape index (κ2) is 9.82. The van der Waals surface area contributed by atoms with Crippen LogP contribution in [0.4, 0.5) is 4.79 Å². The fourth-order valence-electron chi connectivity index (χ4n) is 4.82. The first-order valence-corrected chi connectivity index (χ1v) is 11.2. The Morgan fingerprint density at radius 1 is 1.09 bits per heavy atom. The van der Waals surface area contributed by atoms with Gasteiger partial charge in [-0.15, -0.1) is 0 Å². The van der Waals surface area contributed by atoms with Crippen molar-refractivity contribution in [1.29, 1.82) is 0 Å². The van der Waals surface area contributed by atoms with Gasteiger partial charge < -0.3 is 30.1 Å². The number of aliphatic carboxylic acids is 1. The maximum Gasteiger partial charge on any atom is 0.407 e. The van der Waals surface area contributed by atoms with Crippen molar-refractivity contribution in [3.8, 4) is 11.1 Å². The van der Waals surface area contributed by atoms with E-state index in [9.17, 15) is 24.6 Å². The Morgan fingerprint density at radius 3 is 2.24 bits per heavy atom. The molecule has 3 N–H and O–H groups in total. The molecule has 1 aliphatic heterocycles. The Balaban J connectivity index is 1.45. The summed E-state index contributed by atoms with van der Waals surface area (Å²) in [4.78, 5) is 40.2. The number of carboxylic acids is 1. The first-order chi connectivity index (χ1) is 16.3. The first kappa shape index (κ1) is 23.7. The van der Waals surface area contributed by atoms with Crippen molar-refractivity contribution in [2.75, 3.05) is 33.8 Å². The standard InChI is InChI=1S/C25H29N3O6/c1-27(2)13-21(23(30)28-12-15(29)11-22(28)24(31)32)26-25(33)34-14-20-18-9-5-3-7-16(18)17-8-4-6-10-19(17)20/h3-10,15,20-22,29H,11-14H2,1-2H3,(H,26,33)(H,31,32)/t15-,21+,22+/m1/s1. The summed E-state index contributed by atoms with van der Waals surface area (Å²) < 4.78 is 5.55. The number of carbonyl (C=O) groups is 3. The van der Waals surface area contributed by atoms with E-state index in [4.69, 9.17) is 4.74 Å². The number of hydrogen-bond acceptors (Lipinski definition) is 6. The lowest BCUT2D eigenvalue weighted by Crippen LogP contribution is -2.55. The van der Waals surface area contributed by atoms with Gasteiger partial charge in [-0.2, -0.15) is 0 Å². The molecular weight excluding hydrogens is 438 g/mol. The maximum absolute atomic E-state index is 13.1. The molecule has 0 saturated carbocycles. The van der Waals surface area contributed by atoms with Crippen LogP contribution in [0.1, 0.15) is 23.5 Å². The number of likely N-dealkylation sites (N-methyl/N-ethyl adjacent to an activating group) is 1. The highest BCUT2D eigenvalue weighted by Crippen LogP contribution is 2.44. The van der Waals surface area contributed by atoms with E-state index in [0.717, 1.165) is 27.2 Å². The molecule has 1 saturated heterocycles. The van der Waals surface area contributed by atoms with Gasteiger partial charge in [0, 0.05) is 25.4 Å². The van der Waals surface area contributed by atoms with Gasteiger partial charge in [0.05, 0.1) is 6.10 Å². The normalized spacial score (nSPS) is 20.1. The Kier molecular flexibility index (Phi) is 6.85. The summed E-state index contributed by atoms with van der Waals surface area (Å²) in [6.45, 7) is 0.164. The fourth-order valence-corrected chi connectivity index (χ4v) is 4.82. The summed E-state index contributed by atoms with van der Waals surface area (Å²) in [5.74, 6) is -1.87. The van der Waals surface area contributed by atoms with E-state index in [1.807, 2.05) is 48.5 Å². The van der Waals surface area contributed by atoms with Crippen molar-refractivity contribution < 1.29 is 29.3 Å². The molecule has 0 aromatic heterocycles. The Morgan fingerprint density at radius 2 is 1.68 bits per heavy atom. The molecule has 2 amide bonds. The minimum absolute atomic E-state index is 0.0410. The minimum atomic E-state index is -1.19. The van der Waals surface area contributed by atoms with Crippen molar-refractivity contribution in [1.82, 2.24) is 15.1 Å². The average molecular weight is 468 g/mol. The number of carbonyl (C=O) groups excluding carboxylic acids is 2. The van der Waals surface area contributed by atoms with Crippen LogP contribution in [0.25, 0.3) is 11.1 Å². The predicted molar refractivity (Wildman–Crippen MR) is 124 cm³/mol. The highest BCUT2D eigenvalue weighted by Gasteiger charge is 2.42. The second-order valence-electron chi connectivity index (χ2n) is 9.02. The van der Waals surface area contributed by atoms with Crippen molar-refractivity contribution >= 4 is 18.0 Å². The second-order valence-corrected chi connectivity index (χ2v) is 9.02. The van der Waals surface area contributed by atoms with Crippen LogP contribution in [-0.2, 0) is 14.3 Å². The Labute approximate surface area is 197 Å². The van der Waals surface area contributed by atoms with Gasteiger partial charge in [-0.1, -0.05) is 48.5 Å². The molecule has 2 aliphatic rings. The van der Waals surface area contributed by atoms with Crippen LogP contribution in [0.3, 0.4) is 0 Å². The molecule has 1 fully saturated rings. The largest absolute Gasteiger partial charge is 0.480 e. The number of carboxylic acid groups (broad SMARTS) is 1. The molecule has 0 unspecified atom stereocenters. The maximum atomic E-state index is 13.1. The lowest BCUT2D eigenvalue weighted by atomic mass is 9.98. The van der Waals surface area contributed by atoms with Crippen molar-refractivity contribution in [2.24, 2.45) is 0 Å². The number of likely N-dealkylation sites (tertiary alicyclic amines) is 1. The van der Waals surface area contributed by atoms with Crippen LogP contribution in [0.15, 0.2) is 48.5 Å². The molecule has 0 spiro atoms. The molecule has 1 aliphatic carbocycles. The number of amides is 2. The quantitative estimate of drug-likeness (QED) is 0.565. The number of fused-ring (bicyclic) bond motifs is 3. The zero-order chi connectivity index (χ0) is 24.4.